The molecule has 4 aromatic carbocycles. The molecule has 0 radical (unpaired) electrons. The van der Waals surface area contributed by atoms with Gasteiger partial charge >= 0.3 is 0 Å². The van der Waals surface area contributed by atoms with Gasteiger partial charge in [0.1, 0.15) is 0 Å². The van der Waals surface area contributed by atoms with Gasteiger partial charge in [-0.3, -0.25) is 14.3 Å². The van der Waals surface area contributed by atoms with Gasteiger partial charge in [0.2, 0.25) is 5.88 Å². The highest BCUT2D eigenvalue weighted by Gasteiger charge is 2.20. The van der Waals surface area contributed by atoms with Crippen LogP contribution in [0, 0.1) is 0 Å². The number of halogens is 1. The van der Waals surface area contributed by atoms with Gasteiger partial charge in [0, 0.05) is 22.9 Å². The van der Waals surface area contributed by atoms with E-state index < -0.39 is 5.91 Å². The van der Waals surface area contributed by atoms with E-state index in [9.17, 15) is 9.90 Å². The quantitative estimate of drug-likeness (QED) is 0.152. The number of hydrogen-bond acceptors (Lipinski definition) is 6. The summed E-state index contributed by atoms with van der Waals surface area (Å²) in [6.07, 6.45) is 0.0227. The van der Waals surface area contributed by atoms with Crippen molar-refractivity contribution in [3.63, 3.8) is 0 Å². The average molecular weight is 628 g/mol. The molecular formula is C33H31BrN4O4. The molecule has 0 atom stereocenters. The molecule has 214 valence electrons. The van der Waals surface area contributed by atoms with Crippen molar-refractivity contribution in [1.82, 2.24) is 9.47 Å². The number of azo groups is 1. The minimum absolute atomic E-state index is 0.0227. The summed E-state index contributed by atoms with van der Waals surface area (Å²) in [5, 5.41) is 20.3. The number of rotatable bonds is 11. The molecule has 1 heterocycles. The van der Waals surface area contributed by atoms with Crippen LogP contribution >= 0.6 is 15.9 Å². The van der Waals surface area contributed by atoms with Crippen LogP contribution < -0.4 is 9.47 Å². The monoisotopic (exact) mass is 626 g/mol. The SMILES string of the molecule is COc1ccc(CC(=O)N=Nc2c(O)n(CN(Cc3ccccc3)Cc3ccccc3)c3ccc(Br)cc23)cc1OC. The zero-order valence-corrected chi connectivity index (χ0v) is 25.0. The molecule has 0 fully saturated rings. The number of amides is 1. The molecule has 0 saturated carbocycles. The van der Waals surface area contributed by atoms with Crippen LogP contribution in [0.5, 0.6) is 17.4 Å². The highest BCUT2D eigenvalue weighted by molar-refractivity contribution is 9.10. The maximum atomic E-state index is 12.8. The van der Waals surface area contributed by atoms with Crippen LogP contribution in [0.25, 0.3) is 10.9 Å². The summed E-state index contributed by atoms with van der Waals surface area (Å²) in [5.74, 6) is 0.595. The highest BCUT2D eigenvalue weighted by atomic mass is 79.9. The van der Waals surface area contributed by atoms with Crippen molar-refractivity contribution in [2.45, 2.75) is 26.2 Å². The molecule has 0 aliphatic rings. The van der Waals surface area contributed by atoms with E-state index in [-0.39, 0.29) is 18.0 Å². The van der Waals surface area contributed by atoms with Crippen LogP contribution in [-0.4, -0.2) is 34.7 Å². The van der Waals surface area contributed by atoms with Gasteiger partial charge in [0.15, 0.2) is 17.2 Å². The Morgan fingerprint density at radius 1 is 0.833 bits per heavy atom. The normalized spacial score (nSPS) is 11.4. The fourth-order valence-electron chi connectivity index (χ4n) is 4.88. The molecule has 1 aromatic heterocycles. The van der Waals surface area contributed by atoms with Gasteiger partial charge in [0.25, 0.3) is 5.91 Å². The molecule has 5 rings (SSSR count). The minimum atomic E-state index is -0.452. The number of methoxy groups -OCH3 is 2. The molecule has 0 unspecified atom stereocenters. The Hall–Kier alpha value is -4.47. The van der Waals surface area contributed by atoms with E-state index in [1.807, 2.05) is 54.6 Å². The summed E-state index contributed by atoms with van der Waals surface area (Å²) >= 11 is 3.53. The lowest BCUT2D eigenvalue weighted by Crippen LogP contribution is -2.25. The predicted molar refractivity (Wildman–Crippen MR) is 166 cm³/mol. The Balaban J connectivity index is 1.44. The first-order chi connectivity index (χ1) is 20.4. The first-order valence-corrected chi connectivity index (χ1v) is 14.2. The Morgan fingerprint density at radius 3 is 2.10 bits per heavy atom. The lowest BCUT2D eigenvalue weighted by molar-refractivity contribution is -0.117. The van der Waals surface area contributed by atoms with Crippen molar-refractivity contribution in [3.05, 3.63) is 118 Å². The smallest absolute Gasteiger partial charge is 0.269 e. The maximum Gasteiger partial charge on any atom is 0.269 e. The van der Waals surface area contributed by atoms with Gasteiger partial charge in [-0.1, -0.05) is 82.7 Å². The molecule has 1 N–H and O–H groups in total. The van der Waals surface area contributed by atoms with Crippen LogP contribution in [0.4, 0.5) is 5.69 Å². The third-order valence-corrected chi connectivity index (χ3v) is 7.37. The Bertz CT molecular complexity index is 1660. The van der Waals surface area contributed by atoms with Crippen molar-refractivity contribution in [1.29, 1.82) is 0 Å². The number of carbonyl (C=O) groups is 1. The zero-order chi connectivity index (χ0) is 29.5. The molecule has 5 aromatic rings. The second kappa shape index (κ2) is 13.5. The Kier molecular flexibility index (Phi) is 9.31. The molecule has 0 bridgehead atoms. The van der Waals surface area contributed by atoms with Crippen molar-refractivity contribution in [2.75, 3.05) is 14.2 Å². The van der Waals surface area contributed by atoms with Gasteiger partial charge in [-0.25, -0.2) is 0 Å². The summed E-state index contributed by atoms with van der Waals surface area (Å²) < 4.78 is 13.2. The largest absolute Gasteiger partial charge is 0.493 e. The summed E-state index contributed by atoms with van der Waals surface area (Å²) in [6.45, 7) is 1.74. The van der Waals surface area contributed by atoms with E-state index in [1.165, 1.54) is 0 Å². The van der Waals surface area contributed by atoms with Crippen LogP contribution in [0.2, 0.25) is 0 Å². The number of benzene rings is 4. The van der Waals surface area contributed by atoms with E-state index in [0.717, 1.165) is 21.1 Å². The van der Waals surface area contributed by atoms with Crippen LogP contribution in [-0.2, 0) is 31.0 Å². The number of aromatic hydroxyl groups is 1. The summed E-state index contributed by atoms with van der Waals surface area (Å²) in [6, 6.07) is 31.4. The molecule has 42 heavy (non-hydrogen) atoms. The highest BCUT2D eigenvalue weighted by Crippen LogP contribution is 2.40. The van der Waals surface area contributed by atoms with E-state index in [2.05, 4.69) is 55.3 Å². The lowest BCUT2D eigenvalue weighted by atomic mass is 10.1. The molecule has 9 heteroatoms. The second-order valence-corrected chi connectivity index (χ2v) is 10.7. The topological polar surface area (TPSA) is 88.7 Å². The number of aromatic nitrogens is 1. The first-order valence-electron chi connectivity index (χ1n) is 13.4. The molecule has 0 aliphatic heterocycles. The summed E-state index contributed by atoms with van der Waals surface area (Å²) in [4.78, 5) is 15.1. The predicted octanol–water partition coefficient (Wildman–Crippen LogP) is 7.64. The van der Waals surface area contributed by atoms with Gasteiger partial charge < -0.3 is 14.6 Å². The average Bonchev–Trinajstić information content (AvgIpc) is 3.26. The maximum absolute atomic E-state index is 12.8. The van der Waals surface area contributed by atoms with Crippen molar-refractivity contribution < 1.29 is 19.4 Å². The number of carbonyl (C=O) groups excluding carboxylic acids is 1. The number of ether oxygens (including phenoxy) is 2. The van der Waals surface area contributed by atoms with E-state index >= 15 is 0 Å². The van der Waals surface area contributed by atoms with Crippen molar-refractivity contribution in [2.24, 2.45) is 10.2 Å². The summed E-state index contributed by atoms with van der Waals surface area (Å²) in [5.41, 5.74) is 4.05. The van der Waals surface area contributed by atoms with E-state index in [0.29, 0.717) is 42.2 Å². The minimum Gasteiger partial charge on any atom is -0.493 e. The lowest BCUT2D eigenvalue weighted by Gasteiger charge is -2.24. The zero-order valence-electron chi connectivity index (χ0n) is 23.4. The Labute approximate surface area is 253 Å². The number of fused-ring (bicyclic) bond motifs is 1. The van der Waals surface area contributed by atoms with Crippen molar-refractivity contribution >= 4 is 38.4 Å². The standard InChI is InChI=1S/C33H31BrN4O4/c1-41-29-16-13-25(17-30(29)42-2)18-31(39)35-36-32-27-19-26(34)14-15-28(27)38(33(32)40)22-37(20-23-9-5-3-6-10-23)21-24-11-7-4-8-12-24/h3-17,19,40H,18,20-22H2,1-2H3. The molecule has 8 nitrogen and oxygen atoms in total. The first kappa shape index (κ1) is 29.0. The molecule has 0 spiro atoms. The molecule has 0 aliphatic carbocycles. The third-order valence-electron chi connectivity index (χ3n) is 6.88. The second-order valence-electron chi connectivity index (χ2n) is 9.82. The number of nitrogens with zero attached hydrogens (tertiary/aromatic N) is 4. The fourth-order valence-corrected chi connectivity index (χ4v) is 5.24. The van der Waals surface area contributed by atoms with Crippen LogP contribution in [0.1, 0.15) is 16.7 Å². The van der Waals surface area contributed by atoms with E-state index in [1.54, 1.807) is 37.0 Å². The summed E-state index contributed by atoms with van der Waals surface area (Å²) in [7, 11) is 3.10. The van der Waals surface area contributed by atoms with Crippen LogP contribution in [0.15, 0.2) is 112 Å². The van der Waals surface area contributed by atoms with Gasteiger partial charge in [-0.15, -0.1) is 10.2 Å². The van der Waals surface area contributed by atoms with Crippen LogP contribution in [0.3, 0.4) is 0 Å². The van der Waals surface area contributed by atoms with Gasteiger partial charge in [0.05, 0.1) is 32.8 Å². The number of hydrogen-bond donors (Lipinski definition) is 1. The van der Waals surface area contributed by atoms with Gasteiger partial charge in [-0.05, 0) is 47.0 Å². The third kappa shape index (κ3) is 6.87. The van der Waals surface area contributed by atoms with E-state index in [4.69, 9.17) is 9.47 Å². The molecule has 0 saturated heterocycles. The van der Waals surface area contributed by atoms with Crippen molar-refractivity contribution in [3.8, 4) is 17.4 Å². The van der Waals surface area contributed by atoms with Gasteiger partial charge in [-0.2, -0.15) is 0 Å². The Morgan fingerprint density at radius 2 is 1.48 bits per heavy atom. The molecule has 1 amide bonds. The molecular weight excluding hydrogens is 596 g/mol. The fraction of sp³-hybridized carbons (Fsp3) is 0.182.